The van der Waals surface area contributed by atoms with Crippen molar-refractivity contribution < 1.29 is 28.5 Å². The minimum absolute atomic E-state index is 0.224. The number of methoxy groups -OCH3 is 4. The fourth-order valence-electron chi connectivity index (χ4n) is 2.40. The molecule has 0 fully saturated rings. The average molecular weight is 359 g/mol. The molecule has 0 aliphatic heterocycles. The van der Waals surface area contributed by atoms with E-state index in [0.717, 1.165) is 5.56 Å². The molecule has 1 N–H and O–H groups in total. The first-order valence-electron chi connectivity index (χ1n) is 7.79. The molecule has 0 saturated heterocycles. The molecule has 0 radical (unpaired) electrons. The molecular formula is C19H21NO6. The van der Waals surface area contributed by atoms with Crippen molar-refractivity contribution in [3.63, 3.8) is 0 Å². The lowest BCUT2D eigenvalue weighted by atomic mass is 10.1. The van der Waals surface area contributed by atoms with Gasteiger partial charge in [0.15, 0.2) is 0 Å². The summed E-state index contributed by atoms with van der Waals surface area (Å²) in [5, 5.41) is 2.80. The molecule has 1 amide bonds. The van der Waals surface area contributed by atoms with E-state index in [2.05, 4.69) is 5.32 Å². The molecule has 2 aromatic carbocycles. The normalized spacial score (nSPS) is 10.0. The topological polar surface area (TPSA) is 83.1 Å². The van der Waals surface area contributed by atoms with Gasteiger partial charge in [-0.1, -0.05) is 6.07 Å². The number of carbonyl (C=O) groups excluding carboxylic acids is 2. The number of benzene rings is 2. The van der Waals surface area contributed by atoms with Gasteiger partial charge in [0.1, 0.15) is 22.8 Å². The molecule has 0 bridgehead atoms. The largest absolute Gasteiger partial charge is 0.497 e. The summed E-state index contributed by atoms with van der Waals surface area (Å²) in [6.45, 7) is 0.224. The maximum Gasteiger partial charge on any atom is 0.341 e. The highest BCUT2D eigenvalue weighted by atomic mass is 16.5. The first-order valence-corrected chi connectivity index (χ1v) is 7.79. The van der Waals surface area contributed by atoms with Gasteiger partial charge in [-0.15, -0.1) is 0 Å². The van der Waals surface area contributed by atoms with E-state index in [4.69, 9.17) is 18.9 Å². The van der Waals surface area contributed by atoms with E-state index in [-0.39, 0.29) is 12.5 Å². The van der Waals surface area contributed by atoms with Crippen molar-refractivity contribution in [1.29, 1.82) is 0 Å². The summed E-state index contributed by atoms with van der Waals surface area (Å²) in [6.07, 6.45) is 0. The molecule has 0 aliphatic rings. The molecule has 0 saturated carbocycles. The van der Waals surface area contributed by atoms with E-state index in [1.807, 2.05) is 0 Å². The summed E-state index contributed by atoms with van der Waals surface area (Å²) in [7, 11) is 5.79. The molecule has 2 aromatic rings. The molecule has 138 valence electrons. The van der Waals surface area contributed by atoms with Gasteiger partial charge in [0, 0.05) is 12.6 Å². The lowest BCUT2D eigenvalue weighted by molar-refractivity contribution is 0.0597. The summed E-state index contributed by atoms with van der Waals surface area (Å²) in [5.74, 6) is 0.596. The summed E-state index contributed by atoms with van der Waals surface area (Å²) >= 11 is 0. The number of nitrogens with one attached hydrogen (secondary N) is 1. The number of carbonyl (C=O) groups is 2. The van der Waals surface area contributed by atoms with Crippen molar-refractivity contribution in [1.82, 2.24) is 5.32 Å². The van der Waals surface area contributed by atoms with Crippen molar-refractivity contribution in [2.75, 3.05) is 28.4 Å². The quantitative estimate of drug-likeness (QED) is 0.765. The minimum atomic E-state index is -0.508. The average Bonchev–Trinajstić information content (AvgIpc) is 2.70. The Hall–Kier alpha value is -3.22. The fourth-order valence-corrected chi connectivity index (χ4v) is 2.40. The summed E-state index contributed by atoms with van der Waals surface area (Å²) in [4.78, 5) is 24.3. The summed E-state index contributed by atoms with van der Waals surface area (Å²) in [5.41, 5.74) is 1.41. The van der Waals surface area contributed by atoms with E-state index >= 15 is 0 Å². The Kier molecular flexibility index (Phi) is 6.43. The van der Waals surface area contributed by atoms with Crippen LogP contribution >= 0.6 is 0 Å². The van der Waals surface area contributed by atoms with E-state index in [9.17, 15) is 9.59 Å². The number of hydrogen-bond acceptors (Lipinski definition) is 6. The predicted octanol–water partition coefficient (Wildman–Crippen LogP) is 2.43. The Morgan fingerprint density at radius 2 is 1.58 bits per heavy atom. The monoisotopic (exact) mass is 359 g/mol. The van der Waals surface area contributed by atoms with Crippen molar-refractivity contribution in [3.05, 3.63) is 53.1 Å². The van der Waals surface area contributed by atoms with E-state index in [0.29, 0.717) is 28.4 Å². The van der Waals surface area contributed by atoms with Crippen LogP contribution < -0.4 is 19.5 Å². The third kappa shape index (κ3) is 4.24. The van der Waals surface area contributed by atoms with Gasteiger partial charge in [-0.25, -0.2) is 4.79 Å². The molecule has 0 heterocycles. The zero-order valence-electron chi connectivity index (χ0n) is 15.1. The van der Waals surface area contributed by atoms with E-state index in [1.54, 1.807) is 36.4 Å². The Labute approximate surface area is 151 Å². The maximum atomic E-state index is 12.4. The van der Waals surface area contributed by atoms with Gasteiger partial charge in [0.2, 0.25) is 0 Å². The number of rotatable bonds is 7. The molecule has 7 heteroatoms. The fraction of sp³-hybridized carbons (Fsp3) is 0.263. The van der Waals surface area contributed by atoms with Gasteiger partial charge >= 0.3 is 5.97 Å². The number of esters is 1. The third-order valence-electron chi connectivity index (χ3n) is 3.78. The lowest BCUT2D eigenvalue weighted by Gasteiger charge is -2.12. The highest BCUT2D eigenvalue weighted by Gasteiger charge is 2.16. The maximum absolute atomic E-state index is 12.4. The Balaban J connectivity index is 2.16. The van der Waals surface area contributed by atoms with Gasteiger partial charge in [-0.05, 0) is 29.8 Å². The van der Waals surface area contributed by atoms with Gasteiger partial charge in [-0.3, -0.25) is 4.79 Å². The van der Waals surface area contributed by atoms with Gasteiger partial charge in [0.25, 0.3) is 5.91 Å². The van der Waals surface area contributed by atoms with Crippen LogP contribution in [0.5, 0.6) is 17.2 Å². The van der Waals surface area contributed by atoms with E-state index < -0.39 is 5.97 Å². The molecule has 0 atom stereocenters. The lowest BCUT2D eigenvalue weighted by Crippen LogP contribution is -2.23. The van der Waals surface area contributed by atoms with Crippen LogP contribution in [0.25, 0.3) is 0 Å². The highest BCUT2D eigenvalue weighted by molar-refractivity contribution is 5.97. The zero-order valence-corrected chi connectivity index (χ0v) is 15.1. The molecule has 2 rings (SSSR count). The second-order valence-electron chi connectivity index (χ2n) is 5.28. The molecule has 0 aliphatic carbocycles. The standard InChI is InChI=1S/C19H21NO6/c1-23-13-6-7-14(17(10-13)25-3)18(21)20-11-12-5-8-16(24-2)15(9-12)19(22)26-4/h5-10H,11H2,1-4H3,(H,20,21). The van der Waals surface area contributed by atoms with Crippen LogP contribution in [-0.4, -0.2) is 40.3 Å². The zero-order chi connectivity index (χ0) is 19.1. The summed E-state index contributed by atoms with van der Waals surface area (Å²) < 4.78 is 20.3. The molecular weight excluding hydrogens is 338 g/mol. The Bertz CT molecular complexity index is 803. The number of ether oxygens (including phenoxy) is 4. The first kappa shape index (κ1) is 19.1. The van der Waals surface area contributed by atoms with Gasteiger partial charge in [0.05, 0.1) is 34.0 Å². The minimum Gasteiger partial charge on any atom is -0.497 e. The summed E-state index contributed by atoms with van der Waals surface area (Å²) in [6, 6.07) is 9.98. The van der Waals surface area contributed by atoms with Crippen LogP contribution in [0.2, 0.25) is 0 Å². The highest BCUT2D eigenvalue weighted by Crippen LogP contribution is 2.25. The number of hydrogen-bond donors (Lipinski definition) is 1. The predicted molar refractivity (Wildman–Crippen MR) is 95.0 cm³/mol. The smallest absolute Gasteiger partial charge is 0.341 e. The molecule has 0 unspecified atom stereocenters. The SMILES string of the molecule is COC(=O)c1cc(CNC(=O)c2ccc(OC)cc2OC)ccc1OC. The van der Waals surface area contributed by atoms with Crippen LogP contribution in [0.4, 0.5) is 0 Å². The Morgan fingerprint density at radius 3 is 2.19 bits per heavy atom. The second-order valence-corrected chi connectivity index (χ2v) is 5.28. The van der Waals surface area contributed by atoms with Crippen molar-refractivity contribution in [2.24, 2.45) is 0 Å². The van der Waals surface area contributed by atoms with Crippen molar-refractivity contribution in [3.8, 4) is 17.2 Å². The Morgan fingerprint density at radius 1 is 0.846 bits per heavy atom. The second kappa shape index (κ2) is 8.75. The van der Waals surface area contributed by atoms with E-state index in [1.165, 1.54) is 28.4 Å². The van der Waals surface area contributed by atoms with Crippen LogP contribution in [-0.2, 0) is 11.3 Å². The van der Waals surface area contributed by atoms with Crippen LogP contribution in [0, 0.1) is 0 Å². The first-order chi connectivity index (χ1) is 12.5. The van der Waals surface area contributed by atoms with Crippen LogP contribution in [0.15, 0.2) is 36.4 Å². The van der Waals surface area contributed by atoms with Crippen LogP contribution in [0.1, 0.15) is 26.3 Å². The van der Waals surface area contributed by atoms with Crippen molar-refractivity contribution in [2.45, 2.75) is 6.54 Å². The van der Waals surface area contributed by atoms with Crippen LogP contribution in [0.3, 0.4) is 0 Å². The molecule has 7 nitrogen and oxygen atoms in total. The number of amides is 1. The molecule has 0 spiro atoms. The van der Waals surface area contributed by atoms with Gasteiger partial charge in [-0.2, -0.15) is 0 Å². The van der Waals surface area contributed by atoms with Crippen molar-refractivity contribution >= 4 is 11.9 Å². The molecule has 26 heavy (non-hydrogen) atoms. The van der Waals surface area contributed by atoms with Gasteiger partial charge < -0.3 is 24.3 Å². The third-order valence-corrected chi connectivity index (χ3v) is 3.78. The molecule has 0 aromatic heterocycles.